The molecule has 2 aromatic carbocycles. The Labute approximate surface area is 189 Å². The van der Waals surface area contributed by atoms with Gasteiger partial charge in [-0.2, -0.15) is 10.2 Å². The Kier molecular flexibility index (Phi) is 5.35. The molecule has 5 rings (SSSR count). The molecule has 3 N–H and O–H groups in total. The van der Waals surface area contributed by atoms with Crippen molar-refractivity contribution in [3.8, 4) is 16.9 Å². The summed E-state index contributed by atoms with van der Waals surface area (Å²) in [6.07, 6.45) is 0. The van der Waals surface area contributed by atoms with Crippen LogP contribution in [0.4, 0.5) is 4.39 Å². The molecule has 0 fully saturated rings. The van der Waals surface area contributed by atoms with Crippen LogP contribution in [-0.4, -0.2) is 25.0 Å². The highest BCUT2D eigenvalue weighted by Crippen LogP contribution is 2.29. The summed E-state index contributed by atoms with van der Waals surface area (Å²) in [7, 11) is 0. The minimum Gasteiger partial charge on any atom is -0.308 e. The monoisotopic (exact) mass is 442 g/mol. The van der Waals surface area contributed by atoms with E-state index in [1.54, 1.807) is 10.7 Å². The Morgan fingerprint density at radius 3 is 2.58 bits per heavy atom. The standard InChI is InChI=1S/C25H23FN6O/c1-15-22(16(2)30-29-15)14-27-13-18-12-21-23(17-7-6-8-19(26)11-17)31-32(24(21)28-25(18)33)20-9-4-3-5-10-20/h3-12,27H,13-14H2,1-2H3,(H,28,33)(H,29,30). The van der Waals surface area contributed by atoms with Crippen LogP contribution in [-0.2, 0) is 13.1 Å². The molecule has 0 bridgehead atoms. The molecule has 0 spiro atoms. The summed E-state index contributed by atoms with van der Waals surface area (Å²) in [4.78, 5) is 15.9. The van der Waals surface area contributed by atoms with Gasteiger partial charge in [0.25, 0.3) is 5.56 Å². The molecule has 0 unspecified atom stereocenters. The zero-order chi connectivity index (χ0) is 22.9. The number of hydrogen-bond donors (Lipinski definition) is 3. The molecule has 7 nitrogen and oxygen atoms in total. The highest BCUT2D eigenvalue weighted by atomic mass is 19.1. The first-order valence-corrected chi connectivity index (χ1v) is 10.7. The minimum absolute atomic E-state index is 0.196. The van der Waals surface area contributed by atoms with Crippen LogP contribution in [0.3, 0.4) is 0 Å². The normalized spacial score (nSPS) is 11.4. The van der Waals surface area contributed by atoms with Gasteiger partial charge in [0.1, 0.15) is 17.2 Å². The Morgan fingerprint density at radius 2 is 1.85 bits per heavy atom. The topological polar surface area (TPSA) is 91.4 Å². The number of benzene rings is 2. The van der Waals surface area contributed by atoms with Crippen molar-refractivity contribution in [2.24, 2.45) is 0 Å². The highest BCUT2D eigenvalue weighted by molar-refractivity contribution is 5.92. The molecular weight excluding hydrogens is 419 g/mol. The molecule has 33 heavy (non-hydrogen) atoms. The van der Waals surface area contributed by atoms with Crippen LogP contribution in [0.15, 0.2) is 65.5 Å². The number of aromatic nitrogens is 5. The first-order chi connectivity index (χ1) is 16.0. The third-order valence-electron chi connectivity index (χ3n) is 5.76. The van der Waals surface area contributed by atoms with Crippen molar-refractivity contribution >= 4 is 11.0 Å². The van der Waals surface area contributed by atoms with Crippen LogP contribution in [0.25, 0.3) is 28.0 Å². The molecule has 8 heteroatoms. The van der Waals surface area contributed by atoms with E-state index in [1.165, 1.54) is 12.1 Å². The third-order valence-corrected chi connectivity index (χ3v) is 5.76. The Hall–Kier alpha value is -4.04. The van der Waals surface area contributed by atoms with Crippen molar-refractivity contribution in [2.45, 2.75) is 26.9 Å². The van der Waals surface area contributed by atoms with Crippen molar-refractivity contribution < 1.29 is 4.39 Å². The maximum atomic E-state index is 14.0. The van der Waals surface area contributed by atoms with E-state index in [9.17, 15) is 9.18 Å². The number of aromatic amines is 2. The fourth-order valence-corrected chi connectivity index (χ4v) is 4.01. The van der Waals surface area contributed by atoms with E-state index >= 15 is 0 Å². The lowest BCUT2D eigenvalue weighted by Crippen LogP contribution is -2.21. The lowest BCUT2D eigenvalue weighted by atomic mass is 10.1. The first-order valence-electron chi connectivity index (χ1n) is 10.7. The van der Waals surface area contributed by atoms with E-state index in [0.717, 1.165) is 28.0 Å². The van der Waals surface area contributed by atoms with E-state index in [-0.39, 0.29) is 11.4 Å². The van der Waals surface area contributed by atoms with Gasteiger partial charge in [-0.15, -0.1) is 0 Å². The average Bonchev–Trinajstić information content (AvgIpc) is 3.34. The van der Waals surface area contributed by atoms with Crippen molar-refractivity contribution in [1.29, 1.82) is 0 Å². The van der Waals surface area contributed by atoms with E-state index in [4.69, 9.17) is 5.10 Å². The van der Waals surface area contributed by atoms with Crippen LogP contribution in [0.1, 0.15) is 22.5 Å². The maximum Gasteiger partial charge on any atom is 0.254 e. The van der Waals surface area contributed by atoms with Gasteiger partial charge in [0, 0.05) is 40.9 Å². The number of hydrogen-bond acceptors (Lipinski definition) is 4. The second-order valence-electron chi connectivity index (χ2n) is 8.01. The predicted molar refractivity (Wildman–Crippen MR) is 126 cm³/mol. The molecule has 0 radical (unpaired) electrons. The Bertz CT molecular complexity index is 1480. The number of aryl methyl sites for hydroxylation is 2. The van der Waals surface area contributed by atoms with Crippen molar-refractivity contribution in [3.05, 3.63) is 99.3 Å². The van der Waals surface area contributed by atoms with Gasteiger partial charge in [0.15, 0.2) is 0 Å². The van der Waals surface area contributed by atoms with Crippen molar-refractivity contribution in [2.75, 3.05) is 0 Å². The molecule has 166 valence electrons. The summed E-state index contributed by atoms with van der Waals surface area (Å²) >= 11 is 0. The van der Waals surface area contributed by atoms with E-state index in [0.29, 0.717) is 35.6 Å². The quantitative estimate of drug-likeness (QED) is 0.368. The van der Waals surface area contributed by atoms with Crippen LogP contribution < -0.4 is 10.9 Å². The van der Waals surface area contributed by atoms with Gasteiger partial charge in [0.05, 0.1) is 11.4 Å². The number of rotatable bonds is 6. The first kappa shape index (κ1) is 20.8. The molecule has 0 saturated carbocycles. The van der Waals surface area contributed by atoms with Crippen LogP contribution in [0.5, 0.6) is 0 Å². The number of nitrogens with one attached hydrogen (secondary N) is 3. The highest BCUT2D eigenvalue weighted by Gasteiger charge is 2.17. The largest absolute Gasteiger partial charge is 0.308 e. The van der Waals surface area contributed by atoms with E-state index in [1.807, 2.05) is 56.3 Å². The zero-order valence-corrected chi connectivity index (χ0v) is 18.3. The summed E-state index contributed by atoms with van der Waals surface area (Å²) in [5, 5.41) is 16.0. The van der Waals surface area contributed by atoms with E-state index in [2.05, 4.69) is 20.5 Å². The second kappa shape index (κ2) is 8.48. The summed E-state index contributed by atoms with van der Waals surface area (Å²) < 4.78 is 15.7. The van der Waals surface area contributed by atoms with Crippen molar-refractivity contribution in [3.63, 3.8) is 0 Å². The fraction of sp³-hybridized carbons (Fsp3) is 0.160. The molecule has 3 aromatic heterocycles. The molecule has 5 aromatic rings. The van der Waals surface area contributed by atoms with Gasteiger partial charge in [-0.1, -0.05) is 30.3 Å². The van der Waals surface area contributed by atoms with Crippen LogP contribution in [0.2, 0.25) is 0 Å². The molecule has 0 atom stereocenters. The Morgan fingerprint density at radius 1 is 1.03 bits per heavy atom. The smallest absolute Gasteiger partial charge is 0.254 e. The summed E-state index contributed by atoms with van der Waals surface area (Å²) in [5.74, 6) is -0.341. The van der Waals surface area contributed by atoms with Gasteiger partial charge in [-0.25, -0.2) is 9.07 Å². The SMILES string of the molecule is Cc1n[nH]c(C)c1CNCc1cc2c(-c3cccc(F)c3)nn(-c3ccccc3)c2[nH]c1=O. The third kappa shape index (κ3) is 3.96. The molecule has 0 aliphatic heterocycles. The molecular formula is C25H23FN6O. The van der Waals surface area contributed by atoms with Crippen LogP contribution >= 0.6 is 0 Å². The van der Waals surface area contributed by atoms with Gasteiger partial charge >= 0.3 is 0 Å². The summed E-state index contributed by atoms with van der Waals surface area (Å²) in [5.41, 5.74) is 6.02. The van der Waals surface area contributed by atoms with Gasteiger partial charge in [-0.3, -0.25) is 9.89 Å². The second-order valence-corrected chi connectivity index (χ2v) is 8.01. The summed E-state index contributed by atoms with van der Waals surface area (Å²) in [6, 6.07) is 17.7. The van der Waals surface area contributed by atoms with E-state index < -0.39 is 0 Å². The van der Waals surface area contributed by atoms with Crippen LogP contribution in [0, 0.1) is 19.7 Å². The molecule has 0 aliphatic carbocycles. The average molecular weight is 442 g/mol. The maximum absolute atomic E-state index is 14.0. The van der Waals surface area contributed by atoms with Gasteiger partial charge < -0.3 is 10.3 Å². The summed E-state index contributed by atoms with van der Waals surface area (Å²) in [6.45, 7) is 4.88. The fourth-order valence-electron chi connectivity index (χ4n) is 4.01. The van der Waals surface area contributed by atoms with Crippen molar-refractivity contribution in [1.82, 2.24) is 30.3 Å². The van der Waals surface area contributed by atoms with Gasteiger partial charge in [0.2, 0.25) is 0 Å². The Balaban J connectivity index is 1.58. The minimum atomic E-state index is -0.341. The lowest BCUT2D eigenvalue weighted by Gasteiger charge is -2.06. The molecule has 0 amide bonds. The van der Waals surface area contributed by atoms with Gasteiger partial charge in [-0.05, 0) is 44.2 Å². The zero-order valence-electron chi connectivity index (χ0n) is 18.3. The number of para-hydroxylation sites is 1. The number of halogens is 1. The number of nitrogens with zero attached hydrogens (tertiary/aromatic N) is 3. The molecule has 0 aliphatic rings. The number of fused-ring (bicyclic) bond motifs is 1. The number of H-pyrrole nitrogens is 2. The molecule has 0 saturated heterocycles. The molecule has 3 heterocycles. The lowest BCUT2D eigenvalue weighted by molar-refractivity contribution is 0.628. The predicted octanol–water partition coefficient (Wildman–Crippen LogP) is 4.15. The number of pyridine rings is 1.